The molecule has 2 aromatic heterocycles. The summed E-state index contributed by atoms with van der Waals surface area (Å²) in [7, 11) is 1.31. The molecule has 4 aromatic rings. The predicted octanol–water partition coefficient (Wildman–Crippen LogP) is 4.72. The zero-order valence-corrected chi connectivity index (χ0v) is 20.4. The third-order valence-electron chi connectivity index (χ3n) is 4.65. The Bertz CT molecular complexity index is 1250. The van der Waals surface area contributed by atoms with Gasteiger partial charge in [-0.2, -0.15) is 0 Å². The largest absolute Gasteiger partial charge is 0.465 e. The number of thioether (sulfide) groups is 2. The maximum absolute atomic E-state index is 12.5. The molecule has 0 atom stereocenters. The summed E-state index contributed by atoms with van der Waals surface area (Å²) in [5, 5.41) is 12.0. The van der Waals surface area contributed by atoms with E-state index in [1.165, 1.54) is 18.9 Å². The highest BCUT2D eigenvalue weighted by molar-refractivity contribution is 8.00. The van der Waals surface area contributed by atoms with E-state index in [1.807, 2.05) is 29.7 Å². The first-order valence-corrected chi connectivity index (χ1v) is 12.9. The quantitative estimate of drug-likeness (QED) is 0.261. The van der Waals surface area contributed by atoms with Crippen molar-refractivity contribution in [3.05, 3.63) is 59.9 Å². The molecule has 0 fully saturated rings. The number of rotatable bonds is 9. The molecule has 11 heteroatoms. The molecule has 1 N–H and O–H groups in total. The number of hydrogen-bond donors (Lipinski definition) is 1. The van der Waals surface area contributed by atoms with Gasteiger partial charge >= 0.3 is 5.97 Å². The first-order valence-electron chi connectivity index (χ1n) is 10.1. The van der Waals surface area contributed by atoms with Gasteiger partial charge in [0.2, 0.25) is 5.91 Å². The van der Waals surface area contributed by atoms with Crippen LogP contribution >= 0.6 is 34.9 Å². The van der Waals surface area contributed by atoms with Gasteiger partial charge in [-0.25, -0.2) is 9.78 Å². The lowest BCUT2D eigenvalue weighted by molar-refractivity contribution is -0.113. The third-order valence-corrected chi connectivity index (χ3v) is 7.79. The Morgan fingerprint density at radius 2 is 1.88 bits per heavy atom. The molecule has 170 valence electrons. The van der Waals surface area contributed by atoms with Crippen LogP contribution in [0.15, 0.2) is 58.0 Å². The van der Waals surface area contributed by atoms with Gasteiger partial charge in [-0.15, -0.1) is 21.5 Å². The number of nitrogens with one attached hydrogen (secondary N) is 1. The molecule has 0 bridgehead atoms. The van der Waals surface area contributed by atoms with E-state index in [4.69, 9.17) is 4.74 Å². The maximum atomic E-state index is 12.5. The molecular weight excluding hydrogens is 478 g/mol. The van der Waals surface area contributed by atoms with Crippen LogP contribution < -0.4 is 5.32 Å². The molecule has 8 nitrogen and oxygen atoms in total. The fourth-order valence-corrected chi connectivity index (χ4v) is 5.91. The van der Waals surface area contributed by atoms with Gasteiger partial charge < -0.3 is 14.6 Å². The predicted molar refractivity (Wildman–Crippen MR) is 132 cm³/mol. The van der Waals surface area contributed by atoms with Crippen molar-refractivity contribution in [3.8, 4) is 0 Å². The molecule has 4 rings (SSSR count). The standard InChI is InChI=1S/C22H21N5O3S3/c1-3-27-18(12-32-22-24-16-10-6-7-11-17(16)33-22)25-26-21(27)31-13-19(28)23-15-9-5-4-8-14(15)20(29)30-2/h4-11H,3,12-13H2,1-2H3,(H,23,28). The van der Waals surface area contributed by atoms with Crippen molar-refractivity contribution in [1.29, 1.82) is 0 Å². The summed E-state index contributed by atoms with van der Waals surface area (Å²) in [6.07, 6.45) is 0. The zero-order chi connectivity index (χ0) is 23.2. The van der Waals surface area contributed by atoms with Crippen LogP contribution in [0, 0.1) is 0 Å². The van der Waals surface area contributed by atoms with Crippen molar-refractivity contribution < 1.29 is 14.3 Å². The highest BCUT2D eigenvalue weighted by Crippen LogP contribution is 2.31. The lowest BCUT2D eigenvalue weighted by atomic mass is 10.2. The van der Waals surface area contributed by atoms with Crippen LogP contribution in [0.25, 0.3) is 10.2 Å². The van der Waals surface area contributed by atoms with Crippen molar-refractivity contribution >= 4 is 62.6 Å². The van der Waals surface area contributed by atoms with Crippen LogP contribution in [0.5, 0.6) is 0 Å². The van der Waals surface area contributed by atoms with Crippen LogP contribution in [-0.4, -0.2) is 44.5 Å². The minimum absolute atomic E-state index is 0.138. The Hall–Kier alpha value is -2.89. The van der Waals surface area contributed by atoms with E-state index in [0.717, 1.165) is 20.4 Å². The van der Waals surface area contributed by atoms with Gasteiger partial charge in [0.25, 0.3) is 0 Å². The number of benzene rings is 2. The van der Waals surface area contributed by atoms with Crippen molar-refractivity contribution in [1.82, 2.24) is 19.7 Å². The van der Waals surface area contributed by atoms with Gasteiger partial charge in [0.15, 0.2) is 9.50 Å². The van der Waals surface area contributed by atoms with Crippen molar-refractivity contribution in [2.75, 3.05) is 18.2 Å². The van der Waals surface area contributed by atoms with Crippen LogP contribution in [0.4, 0.5) is 5.69 Å². The van der Waals surface area contributed by atoms with Crippen molar-refractivity contribution in [2.45, 2.75) is 28.7 Å². The Kier molecular flexibility index (Phi) is 7.63. The summed E-state index contributed by atoms with van der Waals surface area (Å²) in [6.45, 7) is 2.71. The second-order valence-electron chi connectivity index (χ2n) is 6.75. The first kappa shape index (κ1) is 23.3. The Morgan fingerprint density at radius 1 is 1.09 bits per heavy atom. The maximum Gasteiger partial charge on any atom is 0.339 e. The van der Waals surface area contributed by atoms with Gasteiger partial charge in [0.05, 0.1) is 40.1 Å². The molecule has 0 radical (unpaired) electrons. The molecule has 33 heavy (non-hydrogen) atoms. The number of methoxy groups -OCH3 is 1. The minimum Gasteiger partial charge on any atom is -0.465 e. The Labute approximate surface area is 203 Å². The lowest BCUT2D eigenvalue weighted by Gasteiger charge is -2.10. The van der Waals surface area contributed by atoms with Crippen LogP contribution in [0.1, 0.15) is 23.1 Å². The lowest BCUT2D eigenvalue weighted by Crippen LogP contribution is -2.17. The van der Waals surface area contributed by atoms with E-state index in [2.05, 4.69) is 26.6 Å². The van der Waals surface area contributed by atoms with Crippen LogP contribution in [0.2, 0.25) is 0 Å². The van der Waals surface area contributed by atoms with E-state index < -0.39 is 5.97 Å². The fourth-order valence-electron chi connectivity index (χ4n) is 3.09. The van der Waals surface area contributed by atoms with E-state index >= 15 is 0 Å². The summed E-state index contributed by atoms with van der Waals surface area (Å²) < 4.78 is 8.92. The number of thiazole rings is 1. The molecular formula is C22H21N5O3S3. The SMILES string of the molecule is CCn1c(CSc2nc3ccccc3s2)nnc1SCC(=O)Nc1ccccc1C(=O)OC. The van der Waals surface area contributed by atoms with Crippen LogP contribution in [0.3, 0.4) is 0 Å². The van der Waals surface area contributed by atoms with Gasteiger partial charge in [-0.05, 0) is 31.2 Å². The summed E-state index contributed by atoms with van der Waals surface area (Å²) in [5.74, 6) is 0.867. The highest BCUT2D eigenvalue weighted by atomic mass is 32.2. The number of carbonyl (C=O) groups excluding carboxylic acids is 2. The molecule has 0 aliphatic carbocycles. The zero-order valence-electron chi connectivity index (χ0n) is 18.0. The van der Waals surface area contributed by atoms with Gasteiger partial charge in [-0.1, -0.05) is 47.8 Å². The topological polar surface area (TPSA) is 99.0 Å². The number of hydrogen-bond acceptors (Lipinski definition) is 9. The number of esters is 1. The number of ether oxygens (including phenoxy) is 1. The normalized spacial score (nSPS) is 11.0. The number of amides is 1. The number of anilines is 1. The minimum atomic E-state index is -0.500. The highest BCUT2D eigenvalue weighted by Gasteiger charge is 2.16. The van der Waals surface area contributed by atoms with E-state index in [0.29, 0.717) is 28.7 Å². The first-order chi connectivity index (χ1) is 16.1. The smallest absolute Gasteiger partial charge is 0.339 e. The number of fused-ring (bicyclic) bond motifs is 1. The van der Waals surface area contributed by atoms with Gasteiger partial charge in [0, 0.05) is 6.54 Å². The average Bonchev–Trinajstić information content (AvgIpc) is 3.44. The van der Waals surface area contributed by atoms with Gasteiger partial charge in [-0.3, -0.25) is 4.79 Å². The molecule has 0 saturated carbocycles. The monoisotopic (exact) mass is 499 g/mol. The molecule has 0 saturated heterocycles. The molecule has 2 aromatic carbocycles. The second kappa shape index (κ2) is 10.8. The van der Waals surface area contributed by atoms with E-state index in [9.17, 15) is 9.59 Å². The Balaban J connectivity index is 1.37. The number of nitrogens with zero attached hydrogens (tertiary/aromatic N) is 4. The molecule has 0 spiro atoms. The summed E-state index contributed by atoms with van der Waals surface area (Å²) in [4.78, 5) is 29.0. The molecule has 0 unspecified atom stereocenters. The third kappa shape index (κ3) is 5.55. The van der Waals surface area contributed by atoms with Gasteiger partial charge in [0.1, 0.15) is 5.82 Å². The summed E-state index contributed by atoms with van der Waals surface area (Å²) >= 11 is 4.59. The Morgan fingerprint density at radius 3 is 2.67 bits per heavy atom. The fraction of sp³-hybridized carbons (Fsp3) is 0.227. The molecule has 0 aliphatic rings. The molecule has 0 aliphatic heterocycles. The number of carbonyl (C=O) groups is 2. The summed E-state index contributed by atoms with van der Waals surface area (Å²) in [6, 6.07) is 14.8. The van der Waals surface area contributed by atoms with E-state index in [1.54, 1.807) is 47.4 Å². The van der Waals surface area contributed by atoms with Crippen molar-refractivity contribution in [3.63, 3.8) is 0 Å². The summed E-state index contributed by atoms with van der Waals surface area (Å²) in [5.41, 5.74) is 1.72. The van der Waals surface area contributed by atoms with Crippen LogP contribution in [-0.2, 0) is 21.8 Å². The number of aromatic nitrogens is 4. The van der Waals surface area contributed by atoms with Crippen molar-refractivity contribution in [2.24, 2.45) is 0 Å². The molecule has 1 amide bonds. The molecule has 2 heterocycles. The second-order valence-corrected chi connectivity index (χ2v) is 9.95. The average molecular weight is 500 g/mol. The van der Waals surface area contributed by atoms with E-state index in [-0.39, 0.29) is 11.7 Å². The number of para-hydroxylation sites is 2.